The third-order valence-electron chi connectivity index (χ3n) is 1.96. The Hall–Kier alpha value is -0.700. The summed E-state index contributed by atoms with van der Waals surface area (Å²) in [5.74, 6) is 0.587. The lowest BCUT2D eigenvalue weighted by Gasteiger charge is -2.26. The van der Waals surface area contributed by atoms with Crippen molar-refractivity contribution in [3.63, 3.8) is 0 Å². The predicted molar refractivity (Wildman–Crippen MR) is 65.4 cm³/mol. The van der Waals surface area contributed by atoms with E-state index in [2.05, 4.69) is 43.4 Å². The van der Waals surface area contributed by atoms with Gasteiger partial charge in [0.25, 0.3) is 0 Å². The molecule has 0 N–H and O–H groups in total. The molecule has 1 aliphatic heterocycles. The molecule has 0 saturated carbocycles. The fourth-order valence-corrected chi connectivity index (χ4v) is 2.19. The van der Waals surface area contributed by atoms with Gasteiger partial charge in [0, 0.05) is 19.3 Å². The highest BCUT2D eigenvalue weighted by Gasteiger charge is 2.17. The van der Waals surface area contributed by atoms with Gasteiger partial charge in [-0.3, -0.25) is 0 Å². The van der Waals surface area contributed by atoms with Crippen molar-refractivity contribution in [1.82, 2.24) is 4.90 Å². The van der Waals surface area contributed by atoms with Crippen molar-refractivity contribution >= 4 is 16.9 Å². The molecule has 0 aromatic rings. The van der Waals surface area contributed by atoms with Crippen molar-refractivity contribution in [2.75, 3.05) is 13.6 Å². The number of likely N-dealkylation sites (N-methyl/N-ethyl adjacent to an activating group) is 1. The predicted octanol–water partition coefficient (Wildman–Crippen LogP) is 3.09. The van der Waals surface area contributed by atoms with Crippen LogP contribution in [0.15, 0.2) is 28.2 Å². The molecule has 78 valence electrons. The lowest BCUT2D eigenvalue weighted by molar-refractivity contribution is 0.568. The van der Waals surface area contributed by atoms with Crippen LogP contribution in [0.5, 0.6) is 0 Å². The number of hydrogen-bond donors (Lipinski definition) is 0. The van der Waals surface area contributed by atoms with Gasteiger partial charge in [-0.15, -0.1) is 0 Å². The second kappa shape index (κ2) is 4.69. The van der Waals surface area contributed by atoms with Gasteiger partial charge in [0.15, 0.2) is 5.17 Å². The third kappa shape index (κ3) is 2.91. The molecule has 1 rings (SSSR count). The zero-order valence-electron chi connectivity index (χ0n) is 9.37. The largest absolute Gasteiger partial charge is 0.350 e. The number of amidine groups is 1. The zero-order chi connectivity index (χ0) is 10.7. The quantitative estimate of drug-likeness (QED) is 0.696. The maximum Gasteiger partial charge on any atom is 0.168 e. The molecule has 0 aromatic heterocycles. The number of hydrogen-bond acceptors (Lipinski definition) is 2. The monoisotopic (exact) mass is 210 g/mol. The summed E-state index contributed by atoms with van der Waals surface area (Å²) < 4.78 is 0. The molecule has 0 spiro atoms. The molecular weight excluding hydrogens is 192 g/mol. The molecule has 0 aliphatic carbocycles. The number of rotatable bonds is 2. The van der Waals surface area contributed by atoms with Crippen molar-refractivity contribution < 1.29 is 0 Å². The fourth-order valence-electron chi connectivity index (χ4n) is 1.15. The van der Waals surface area contributed by atoms with E-state index in [1.165, 1.54) is 4.91 Å². The van der Waals surface area contributed by atoms with Crippen molar-refractivity contribution in [3.8, 4) is 0 Å². The molecule has 0 radical (unpaired) electrons. The summed E-state index contributed by atoms with van der Waals surface area (Å²) in [5.41, 5.74) is 0.865. The Labute approximate surface area is 90.8 Å². The minimum absolute atomic E-state index is 0.587. The van der Waals surface area contributed by atoms with E-state index in [4.69, 9.17) is 0 Å². The van der Waals surface area contributed by atoms with E-state index >= 15 is 0 Å². The minimum Gasteiger partial charge on any atom is -0.350 e. The zero-order valence-corrected chi connectivity index (χ0v) is 10.2. The number of allylic oxidation sites excluding steroid dienone is 2. The first-order valence-corrected chi connectivity index (χ1v) is 5.65. The van der Waals surface area contributed by atoms with E-state index in [9.17, 15) is 0 Å². The first-order valence-electron chi connectivity index (χ1n) is 4.84. The molecule has 0 amide bonds. The highest BCUT2D eigenvalue weighted by atomic mass is 32.2. The summed E-state index contributed by atoms with van der Waals surface area (Å²) in [4.78, 5) is 7.97. The third-order valence-corrected chi connectivity index (χ3v) is 3.42. The van der Waals surface area contributed by atoms with Crippen LogP contribution >= 0.6 is 11.8 Å². The van der Waals surface area contributed by atoms with Gasteiger partial charge in [-0.1, -0.05) is 38.3 Å². The van der Waals surface area contributed by atoms with Crippen molar-refractivity contribution in [2.24, 2.45) is 10.9 Å². The Morgan fingerprint density at radius 2 is 2.29 bits per heavy atom. The van der Waals surface area contributed by atoms with E-state index in [-0.39, 0.29) is 0 Å². The fraction of sp³-hybridized carbons (Fsp3) is 0.545. The van der Waals surface area contributed by atoms with Gasteiger partial charge < -0.3 is 4.90 Å². The van der Waals surface area contributed by atoms with Gasteiger partial charge in [0.1, 0.15) is 0 Å². The smallest absolute Gasteiger partial charge is 0.168 e. The number of nitrogens with zero attached hydrogens (tertiary/aromatic N) is 2. The van der Waals surface area contributed by atoms with Crippen LogP contribution in [0.25, 0.3) is 0 Å². The van der Waals surface area contributed by atoms with E-state index in [1.54, 1.807) is 11.8 Å². The van der Waals surface area contributed by atoms with Crippen LogP contribution in [-0.4, -0.2) is 23.7 Å². The van der Waals surface area contributed by atoms with E-state index in [1.807, 2.05) is 6.92 Å². The number of thioether (sulfide) groups is 1. The average Bonchev–Trinajstić information content (AvgIpc) is 2.07. The molecular formula is C11H18N2S. The first kappa shape index (κ1) is 11.4. The van der Waals surface area contributed by atoms with Crippen LogP contribution in [0.1, 0.15) is 20.8 Å². The summed E-state index contributed by atoms with van der Waals surface area (Å²) in [6.07, 6.45) is 2.27. The first-order chi connectivity index (χ1) is 6.50. The molecule has 1 heterocycles. The van der Waals surface area contributed by atoms with Crippen LogP contribution in [-0.2, 0) is 0 Å². The molecule has 3 heteroatoms. The van der Waals surface area contributed by atoms with Gasteiger partial charge >= 0.3 is 0 Å². The minimum atomic E-state index is 0.587. The van der Waals surface area contributed by atoms with Crippen LogP contribution in [0.3, 0.4) is 0 Å². The van der Waals surface area contributed by atoms with Crippen molar-refractivity contribution in [2.45, 2.75) is 20.8 Å². The van der Waals surface area contributed by atoms with Crippen LogP contribution in [0.2, 0.25) is 0 Å². The Balaban J connectivity index is 2.81. The van der Waals surface area contributed by atoms with Crippen LogP contribution in [0, 0.1) is 5.92 Å². The summed E-state index contributed by atoms with van der Waals surface area (Å²) in [6.45, 7) is 11.1. The van der Waals surface area contributed by atoms with Gasteiger partial charge in [0.05, 0.1) is 0 Å². The Morgan fingerprint density at radius 3 is 2.79 bits per heavy atom. The normalized spacial score (nSPS) is 20.2. The van der Waals surface area contributed by atoms with E-state index in [0.29, 0.717) is 5.92 Å². The molecule has 0 fully saturated rings. The van der Waals surface area contributed by atoms with Crippen molar-refractivity contribution in [3.05, 3.63) is 23.3 Å². The van der Waals surface area contributed by atoms with Crippen LogP contribution < -0.4 is 0 Å². The van der Waals surface area contributed by atoms with Gasteiger partial charge in [-0.25, -0.2) is 4.99 Å². The number of aliphatic imine (C=N–C) groups is 1. The summed E-state index contributed by atoms with van der Waals surface area (Å²) >= 11 is 1.75. The molecule has 0 aromatic carbocycles. The van der Waals surface area contributed by atoms with Crippen LogP contribution in [0.4, 0.5) is 0 Å². The summed E-state index contributed by atoms with van der Waals surface area (Å²) in [5, 5.41) is 1.06. The molecule has 2 nitrogen and oxygen atoms in total. The SMILES string of the molecule is C=C(C)N=C1SC(C(C)C)=CCN1C. The second-order valence-electron chi connectivity index (χ2n) is 3.87. The Bertz CT molecular complexity index is 290. The molecule has 0 saturated heterocycles. The molecule has 0 atom stereocenters. The molecule has 0 bridgehead atoms. The summed E-state index contributed by atoms with van der Waals surface area (Å²) in [6, 6.07) is 0. The lowest BCUT2D eigenvalue weighted by atomic mass is 10.2. The van der Waals surface area contributed by atoms with Gasteiger partial charge in [0.2, 0.25) is 0 Å². The Morgan fingerprint density at radius 1 is 1.64 bits per heavy atom. The van der Waals surface area contributed by atoms with Gasteiger partial charge in [-0.05, 0) is 17.7 Å². The average molecular weight is 210 g/mol. The Kier molecular flexibility index (Phi) is 3.81. The molecule has 0 unspecified atom stereocenters. The highest BCUT2D eigenvalue weighted by Crippen LogP contribution is 2.30. The van der Waals surface area contributed by atoms with Crippen molar-refractivity contribution in [1.29, 1.82) is 0 Å². The molecule has 14 heavy (non-hydrogen) atoms. The standard InChI is InChI=1S/C11H18N2S/c1-8(2)10-6-7-13(5)11(14-10)12-9(3)4/h6,8H,3,7H2,1-2,4-5H3. The highest BCUT2D eigenvalue weighted by molar-refractivity contribution is 8.17. The maximum absolute atomic E-state index is 4.42. The maximum atomic E-state index is 4.42. The van der Waals surface area contributed by atoms with E-state index < -0.39 is 0 Å². The van der Waals surface area contributed by atoms with E-state index in [0.717, 1.165) is 17.4 Å². The summed E-state index contributed by atoms with van der Waals surface area (Å²) in [7, 11) is 2.06. The van der Waals surface area contributed by atoms with Gasteiger partial charge in [-0.2, -0.15) is 0 Å². The lowest BCUT2D eigenvalue weighted by Crippen LogP contribution is -2.28. The topological polar surface area (TPSA) is 15.6 Å². The molecule has 1 aliphatic rings. The second-order valence-corrected chi connectivity index (χ2v) is 4.91.